The number of benzene rings is 1. The second-order valence-corrected chi connectivity index (χ2v) is 5.36. The maximum absolute atomic E-state index is 13.5. The van der Waals surface area contributed by atoms with E-state index in [2.05, 4.69) is 4.57 Å². The van der Waals surface area contributed by atoms with Gasteiger partial charge in [0.15, 0.2) is 0 Å². The molecule has 0 spiro atoms. The van der Waals surface area contributed by atoms with Gasteiger partial charge in [0.05, 0.1) is 11.8 Å². The SMILES string of the molecule is Cc1ccc(F)cc1-n1c(C)cc2c1CCCC2O. The van der Waals surface area contributed by atoms with E-state index in [0.29, 0.717) is 0 Å². The van der Waals surface area contributed by atoms with Crippen LogP contribution >= 0.6 is 0 Å². The van der Waals surface area contributed by atoms with E-state index in [0.717, 1.165) is 47.5 Å². The zero-order valence-corrected chi connectivity index (χ0v) is 11.3. The molecule has 0 radical (unpaired) electrons. The Balaban J connectivity index is 2.23. The summed E-state index contributed by atoms with van der Waals surface area (Å²) in [6.07, 6.45) is 2.36. The smallest absolute Gasteiger partial charge is 0.125 e. The summed E-state index contributed by atoms with van der Waals surface area (Å²) in [5.41, 5.74) is 5.12. The van der Waals surface area contributed by atoms with Gasteiger partial charge in [-0.3, -0.25) is 0 Å². The lowest BCUT2D eigenvalue weighted by molar-refractivity contribution is 0.156. The molecular weight excluding hydrogens is 241 g/mol. The lowest BCUT2D eigenvalue weighted by Crippen LogP contribution is -2.12. The predicted octanol–water partition coefficient (Wildman–Crippen LogP) is 3.60. The first-order valence-electron chi connectivity index (χ1n) is 6.73. The molecule has 1 atom stereocenters. The van der Waals surface area contributed by atoms with E-state index in [9.17, 15) is 9.50 Å². The van der Waals surface area contributed by atoms with Gasteiger partial charge in [-0.05, 0) is 56.9 Å². The van der Waals surface area contributed by atoms with Crippen LogP contribution in [-0.4, -0.2) is 9.67 Å². The first-order valence-corrected chi connectivity index (χ1v) is 6.73. The number of aliphatic hydroxyl groups excluding tert-OH is 1. The average Bonchev–Trinajstić information content (AvgIpc) is 2.70. The zero-order valence-electron chi connectivity index (χ0n) is 11.3. The summed E-state index contributed by atoms with van der Waals surface area (Å²) >= 11 is 0. The third-order valence-electron chi connectivity index (χ3n) is 3.98. The van der Waals surface area contributed by atoms with Gasteiger partial charge in [0.25, 0.3) is 0 Å². The maximum atomic E-state index is 13.5. The largest absolute Gasteiger partial charge is 0.388 e. The van der Waals surface area contributed by atoms with Crippen molar-refractivity contribution in [3.63, 3.8) is 0 Å². The lowest BCUT2D eigenvalue weighted by atomic mass is 9.95. The summed E-state index contributed by atoms with van der Waals surface area (Å²) < 4.78 is 15.6. The molecule has 1 heterocycles. The van der Waals surface area contributed by atoms with Gasteiger partial charge in [0, 0.05) is 17.0 Å². The van der Waals surface area contributed by atoms with Crippen molar-refractivity contribution in [1.82, 2.24) is 4.57 Å². The van der Waals surface area contributed by atoms with Crippen molar-refractivity contribution in [2.24, 2.45) is 0 Å². The Kier molecular flexibility index (Phi) is 2.94. The molecule has 3 heteroatoms. The first-order chi connectivity index (χ1) is 9.08. The average molecular weight is 259 g/mol. The Morgan fingerprint density at radius 2 is 2.05 bits per heavy atom. The highest BCUT2D eigenvalue weighted by Gasteiger charge is 2.24. The molecule has 0 saturated carbocycles. The number of hydrogen-bond donors (Lipinski definition) is 1. The fourth-order valence-electron chi connectivity index (χ4n) is 3.04. The molecule has 0 saturated heterocycles. The van der Waals surface area contributed by atoms with Crippen LogP contribution in [0.15, 0.2) is 24.3 Å². The molecule has 1 aromatic carbocycles. The Hall–Kier alpha value is -1.61. The summed E-state index contributed by atoms with van der Waals surface area (Å²) in [6, 6.07) is 6.89. The predicted molar refractivity (Wildman–Crippen MR) is 73.1 cm³/mol. The molecule has 1 aliphatic rings. The number of nitrogens with zero attached hydrogens (tertiary/aromatic N) is 1. The third kappa shape index (κ3) is 1.98. The van der Waals surface area contributed by atoms with Crippen molar-refractivity contribution in [1.29, 1.82) is 0 Å². The Bertz CT molecular complexity index is 630. The number of hydrogen-bond acceptors (Lipinski definition) is 1. The van der Waals surface area contributed by atoms with Crippen molar-refractivity contribution in [3.05, 3.63) is 52.6 Å². The molecule has 1 unspecified atom stereocenters. The minimum Gasteiger partial charge on any atom is -0.388 e. The summed E-state index contributed by atoms with van der Waals surface area (Å²) in [6.45, 7) is 4.00. The van der Waals surface area contributed by atoms with Gasteiger partial charge in [0.1, 0.15) is 5.82 Å². The lowest BCUT2D eigenvalue weighted by Gasteiger charge is -2.21. The molecule has 1 N–H and O–H groups in total. The van der Waals surface area contributed by atoms with Crippen molar-refractivity contribution >= 4 is 0 Å². The quantitative estimate of drug-likeness (QED) is 0.831. The normalized spacial score (nSPS) is 18.4. The van der Waals surface area contributed by atoms with Crippen molar-refractivity contribution < 1.29 is 9.50 Å². The fourth-order valence-corrected chi connectivity index (χ4v) is 3.04. The van der Waals surface area contributed by atoms with Crippen LogP contribution in [0.5, 0.6) is 0 Å². The molecule has 2 nitrogen and oxygen atoms in total. The van der Waals surface area contributed by atoms with Gasteiger partial charge >= 0.3 is 0 Å². The summed E-state index contributed by atoms with van der Waals surface area (Å²) in [5, 5.41) is 10.1. The molecule has 3 rings (SSSR count). The van der Waals surface area contributed by atoms with Gasteiger partial charge in [-0.25, -0.2) is 4.39 Å². The number of aromatic nitrogens is 1. The monoisotopic (exact) mass is 259 g/mol. The van der Waals surface area contributed by atoms with E-state index >= 15 is 0 Å². The van der Waals surface area contributed by atoms with E-state index in [1.807, 2.05) is 19.9 Å². The molecule has 19 heavy (non-hydrogen) atoms. The van der Waals surface area contributed by atoms with Crippen LogP contribution < -0.4 is 0 Å². The van der Waals surface area contributed by atoms with Crippen molar-refractivity contribution in [3.8, 4) is 5.69 Å². The Labute approximate surface area is 112 Å². The third-order valence-corrected chi connectivity index (χ3v) is 3.98. The second kappa shape index (κ2) is 4.49. The van der Waals surface area contributed by atoms with Crippen molar-refractivity contribution in [2.75, 3.05) is 0 Å². The van der Waals surface area contributed by atoms with E-state index in [1.165, 1.54) is 6.07 Å². The maximum Gasteiger partial charge on any atom is 0.125 e. The van der Waals surface area contributed by atoms with Crippen molar-refractivity contribution in [2.45, 2.75) is 39.2 Å². The topological polar surface area (TPSA) is 25.2 Å². The van der Waals surface area contributed by atoms with Gasteiger partial charge in [-0.15, -0.1) is 0 Å². The highest BCUT2D eigenvalue weighted by atomic mass is 19.1. The van der Waals surface area contributed by atoms with Gasteiger partial charge in [-0.1, -0.05) is 6.07 Å². The number of rotatable bonds is 1. The number of aliphatic hydroxyl groups is 1. The Morgan fingerprint density at radius 1 is 1.26 bits per heavy atom. The summed E-state index contributed by atoms with van der Waals surface area (Å²) in [7, 11) is 0. The minimum absolute atomic E-state index is 0.223. The summed E-state index contributed by atoms with van der Waals surface area (Å²) in [5.74, 6) is -0.223. The van der Waals surface area contributed by atoms with Crippen LogP contribution in [0, 0.1) is 19.7 Å². The highest BCUT2D eigenvalue weighted by molar-refractivity contribution is 5.47. The number of fused-ring (bicyclic) bond motifs is 1. The van der Waals surface area contributed by atoms with Crippen LogP contribution in [0.1, 0.15) is 41.5 Å². The van der Waals surface area contributed by atoms with E-state index in [-0.39, 0.29) is 11.9 Å². The van der Waals surface area contributed by atoms with E-state index < -0.39 is 0 Å². The first kappa shape index (κ1) is 12.4. The summed E-state index contributed by atoms with van der Waals surface area (Å²) in [4.78, 5) is 0. The molecule has 0 bridgehead atoms. The van der Waals surface area contributed by atoms with Gasteiger partial charge in [-0.2, -0.15) is 0 Å². The molecule has 1 aromatic heterocycles. The van der Waals surface area contributed by atoms with Gasteiger partial charge < -0.3 is 9.67 Å². The molecular formula is C16H18FNO. The van der Waals surface area contributed by atoms with Crippen LogP contribution in [0.2, 0.25) is 0 Å². The van der Waals surface area contributed by atoms with Crippen LogP contribution in [0.25, 0.3) is 5.69 Å². The highest BCUT2D eigenvalue weighted by Crippen LogP contribution is 2.34. The molecule has 2 aromatic rings. The van der Waals surface area contributed by atoms with Crippen LogP contribution in [0.4, 0.5) is 4.39 Å². The fraction of sp³-hybridized carbons (Fsp3) is 0.375. The molecule has 1 aliphatic carbocycles. The number of aryl methyl sites for hydroxylation is 2. The molecule has 100 valence electrons. The Morgan fingerprint density at radius 3 is 2.84 bits per heavy atom. The van der Waals surface area contributed by atoms with Crippen LogP contribution in [-0.2, 0) is 6.42 Å². The van der Waals surface area contributed by atoms with E-state index in [1.54, 1.807) is 12.1 Å². The second-order valence-electron chi connectivity index (χ2n) is 5.36. The number of halogens is 1. The zero-order chi connectivity index (χ0) is 13.6. The van der Waals surface area contributed by atoms with Crippen LogP contribution in [0.3, 0.4) is 0 Å². The standard InChI is InChI=1S/C16H18FNO/c1-10-6-7-12(17)9-15(10)18-11(2)8-13-14(18)4-3-5-16(13)19/h6-9,16,19H,3-5H2,1-2H3. The molecule has 0 amide bonds. The van der Waals surface area contributed by atoms with Gasteiger partial charge in [0.2, 0.25) is 0 Å². The van der Waals surface area contributed by atoms with E-state index in [4.69, 9.17) is 0 Å². The molecule has 0 aliphatic heterocycles. The minimum atomic E-state index is -0.377. The molecule has 0 fully saturated rings.